The van der Waals surface area contributed by atoms with Crippen molar-refractivity contribution in [3.05, 3.63) is 45.0 Å². The number of aromatic nitrogens is 4. The second kappa shape index (κ2) is 7.84. The molecule has 0 saturated carbocycles. The van der Waals surface area contributed by atoms with E-state index < -0.39 is 0 Å². The molecule has 3 rings (SSSR count). The van der Waals surface area contributed by atoms with Gasteiger partial charge in [-0.3, -0.25) is 9.69 Å². The van der Waals surface area contributed by atoms with Crippen LogP contribution in [0.15, 0.2) is 33.8 Å². The van der Waals surface area contributed by atoms with Gasteiger partial charge in [0.15, 0.2) is 0 Å². The predicted molar refractivity (Wildman–Crippen MR) is 106 cm³/mol. The van der Waals surface area contributed by atoms with Crippen LogP contribution in [0.25, 0.3) is 0 Å². The van der Waals surface area contributed by atoms with Crippen LogP contribution in [0.4, 0.5) is 5.95 Å². The Bertz CT molecular complexity index is 791. The van der Waals surface area contributed by atoms with Crippen molar-refractivity contribution in [1.29, 1.82) is 0 Å². The van der Waals surface area contributed by atoms with Gasteiger partial charge in [0.2, 0.25) is 5.95 Å². The van der Waals surface area contributed by atoms with E-state index in [0.29, 0.717) is 6.54 Å². The Kier molecular flexibility index (Phi) is 5.72. The molecule has 26 heavy (non-hydrogen) atoms. The molecule has 1 saturated heterocycles. The lowest BCUT2D eigenvalue weighted by Crippen LogP contribution is -2.48. The van der Waals surface area contributed by atoms with Crippen molar-refractivity contribution >= 4 is 21.9 Å². The van der Waals surface area contributed by atoms with Gasteiger partial charge in [-0.25, -0.2) is 14.6 Å². The molecule has 140 valence electrons. The quantitative estimate of drug-likeness (QED) is 0.752. The van der Waals surface area contributed by atoms with Crippen molar-refractivity contribution in [3.63, 3.8) is 0 Å². The third-order valence-corrected chi connectivity index (χ3v) is 4.93. The largest absolute Gasteiger partial charge is 0.338 e. The average molecular weight is 421 g/mol. The van der Waals surface area contributed by atoms with Gasteiger partial charge >= 0.3 is 0 Å². The maximum absolute atomic E-state index is 12.1. The number of hydrogen-bond acceptors (Lipinski definition) is 6. The van der Waals surface area contributed by atoms with Gasteiger partial charge < -0.3 is 4.90 Å². The zero-order chi connectivity index (χ0) is 18.7. The molecule has 8 heteroatoms. The van der Waals surface area contributed by atoms with E-state index in [9.17, 15) is 4.79 Å². The Hall–Kier alpha value is -1.80. The molecule has 2 aromatic heterocycles. The first-order valence-corrected chi connectivity index (χ1v) is 9.66. The molecule has 0 aromatic carbocycles. The summed E-state index contributed by atoms with van der Waals surface area (Å²) in [5, 5.41) is 4.54. The molecule has 2 aromatic rings. The first kappa shape index (κ1) is 19.0. The molecule has 1 aliphatic heterocycles. The summed E-state index contributed by atoms with van der Waals surface area (Å²) in [6.07, 6.45) is 3.55. The summed E-state index contributed by atoms with van der Waals surface area (Å²) in [6.45, 7) is 11.3. The summed E-state index contributed by atoms with van der Waals surface area (Å²) >= 11 is 3.36. The van der Waals surface area contributed by atoms with E-state index >= 15 is 0 Å². The van der Waals surface area contributed by atoms with E-state index in [0.717, 1.165) is 48.8 Å². The van der Waals surface area contributed by atoms with Crippen LogP contribution >= 0.6 is 15.9 Å². The van der Waals surface area contributed by atoms with E-state index in [1.807, 2.05) is 6.07 Å². The van der Waals surface area contributed by atoms with Crippen LogP contribution in [0.1, 0.15) is 26.5 Å². The SMILES string of the molecule is CC(C)(C)c1ccc(=O)n(CCN2CCN(c3ncc(Br)cn3)CC2)n1. The maximum Gasteiger partial charge on any atom is 0.266 e. The first-order valence-electron chi connectivity index (χ1n) is 8.86. The van der Waals surface area contributed by atoms with Crippen molar-refractivity contribution in [3.8, 4) is 0 Å². The lowest BCUT2D eigenvalue weighted by molar-refractivity contribution is 0.241. The molecule has 0 radical (unpaired) electrons. The highest BCUT2D eigenvalue weighted by Crippen LogP contribution is 2.18. The number of hydrogen-bond donors (Lipinski definition) is 0. The average Bonchev–Trinajstić information content (AvgIpc) is 2.61. The fraction of sp³-hybridized carbons (Fsp3) is 0.556. The summed E-state index contributed by atoms with van der Waals surface area (Å²) in [6, 6.07) is 3.45. The minimum atomic E-state index is -0.0637. The summed E-state index contributed by atoms with van der Waals surface area (Å²) in [7, 11) is 0. The molecule has 0 aliphatic carbocycles. The molecule has 1 aliphatic rings. The molecule has 0 bridgehead atoms. The minimum absolute atomic E-state index is 0.0418. The molecule has 0 amide bonds. The van der Waals surface area contributed by atoms with Gasteiger partial charge in [-0.15, -0.1) is 0 Å². The van der Waals surface area contributed by atoms with Gasteiger partial charge in [0, 0.05) is 56.6 Å². The summed E-state index contributed by atoms with van der Waals surface area (Å²) in [4.78, 5) is 25.3. The van der Waals surface area contributed by atoms with Gasteiger partial charge in [-0.1, -0.05) is 20.8 Å². The van der Waals surface area contributed by atoms with E-state index in [-0.39, 0.29) is 11.0 Å². The van der Waals surface area contributed by atoms with E-state index in [1.165, 1.54) is 0 Å². The van der Waals surface area contributed by atoms with E-state index in [2.05, 4.69) is 61.6 Å². The lowest BCUT2D eigenvalue weighted by atomic mass is 9.92. The predicted octanol–water partition coefficient (Wildman–Crippen LogP) is 1.92. The van der Waals surface area contributed by atoms with Crippen molar-refractivity contribution in [2.75, 3.05) is 37.6 Å². The lowest BCUT2D eigenvalue weighted by Gasteiger charge is -2.34. The van der Waals surface area contributed by atoms with Crippen LogP contribution in [-0.4, -0.2) is 57.4 Å². The van der Waals surface area contributed by atoms with Crippen LogP contribution in [0.2, 0.25) is 0 Å². The minimum Gasteiger partial charge on any atom is -0.338 e. The highest BCUT2D eigenvalue weighted by Gasteiger charge is 2.20. The molecule has 0 spiro atoms. The molecular weight excluding hydrogens is 396 g/mol. The third kappa shape index (κ3) is 4.67. The van der Waals surface area contributed by atoms with Crippen LogP contribution < -0.4 is 10.5 Å². The first-order chi connectivity index (χ1) is 12.3. The second-order valence-electron chi connectivity index (χ2n) is 7.56. The van der Waals surface area contributed by atoms with Crippen LogP contribution in [-0.2, 0) is 12.0 Å². The number of halogens is 1. The van der Waals surface area contributed by atoms with Crippen LogP contribution in [0.5, 0.6) is 0 Å². The summed E-state index contributed by atoms with van der Waals surface area (Å²) in [5.74, 6) is 0.767. The summed E-state index contributed by atoms with van der Waals surface area (Å²) in [5.41, 5.74) is 0.834. The smallest absolute Gasteiger partial charge is 0.266 e. The number of anilines is 1. The molecule has 1 fully saturated rings. The van der Waals surface area contributed by atoms with Gasteiger partial charge in [0.25, 0.3) is 5.56 Å². The van der Waals surface area contributed by atoms with Crippen LogP contribution in [0.3, 0.4) is 0 Å². The number of piperazine rings is 1. The molecule has 0 unspecified atom stereocenters. The van der Waals surface area contributed by atoms with E-state index in [4.69, 9.17) is 0 Å². The standard InChI is InChI=1S/C18H25BrN6O/c1-18(2,3)15-4-5-16(26)25(22-15)11-8-23-6-9-24(10-7-23)17-20-12-14(19)13-21-17/h4-5,12-13H,6-11H2,1-3H3. The Morgan fingerprint density at radius 1 is 1.04 bits per heavy atom. The van der Waals surface area contributed by atoms with Crippen molar-refractivity contribution in [2.45, 2.75) is 32.7 Å². The van der Waals surface area contributed by atoms with Gasteiger partial charge in [-0.05, 0) is 22.0 Å². The molecule has 7 nitrogen and oxygen atoms in total. The Morgan fingerprint density at radius 2 is 1.69 bits per heavy atom. The zero-order valence-electron chi connectivity index (χ0n) is 15.5. The van der Waals surface area contributed by atoms with Crippen LogP contribution in [0, 0.1) is 0 Å². The zero-order valence-corrected chi connectivity index (χ0v) is 17.1. The fourth-order valence-electron chi connectivity index (χ4n) is 2.89. The highest BCUT2D eigenvalue weighted by molar-refractivity contribution is 9.10. The summed E-state index contributed by atoms with van der Waals surface area (Å²) < 4.78 is 2.47. The molecular formula is C18H25BrN6O. The second-order valence-corrected chi connectivity index (χ2v) is 8.48. The Morgan fingerprint density at radius 3 is 2.31 bits per heavy atom. The Labute approximate surface area is 162 Å². The van der Waals surface area contributed by atoms with Gasteiger partial charge in [-0.2, -0.15) is 5.10 Å². The molecule has 0 atom stereocenters. The molecule has 0 N–H and O–H groups in total. The van der Waals surface area contributed by atoms with E-state index in [1.54, 1.807) is 23.1 Å². The van der Waals surface area contributed by atoms with Gasteiger partial charge in [0.05, 0.1) is 16.7 Å². The number of nitrogens with zero attached hydrogens (tertiary/aromatic N) is 6. The Balaban J connectivity index is 1.56. The number of rotatable bonds is 4. The topological polar surface area (TPSA) is 67.2 Å². The monoisotopic (exact) mass is 420 g/mol. The molecule has 3 heterocycles. The van der Waals surface area contributed by atoms with Crippen molar-refractivity contribution < 1.29 is 0 Å². The van der Waals surface area contributed by atoms with Crippen molar-refractivity contribution in [1.82, 2.24) is 24.6 Å². The third-order valence-electron chi connectivity index (χ3n) is 4.52. The normalized spacial score (nSPS) is 16.1. The fourth-order valence-corrected chi connectivity index (χ4v) is 3.09. The highest BCUT2D eigenvalue weighted by atomic mass is 79.9. The van der Waals surface area contributed by atoms with Gasteiger partial charge in [0.1, 0.15) is 0 Å². The van der Waals surface area contributed by atoms with Crippen molar-refractivity contribution in [2.24, 2.45) is 0 Å². The maximum atomic E-state index is 12.1.